The number of rotatable bonds is 3. The van der Waals surface area contributed by atoms with E-state index < -0.39 is 5.97 Å². The molecule has 1 aromatic heterocycles. The number of carbonyl (C=O) groups is 1. The van der Waals surface area contributed by atoms with E-state index in [2.05, 4.69) is 0 Å². The van der Waals surface area contributed by atoms with Gasteiger partial charge in [0.1, 0.15) is 11.5 Å². The Labute approximate surface area is 98.8 Å². The Morgan fingerprint density at radius 3 is 2.65 bits per heavy atom. The van der Waals surface area contributed by atoms with Crippen LogP contribution >= 0.6 is 0 Å². The lowest BCUT2D eigenvalue weighted by molar-refractivity contribution is -0.133. The second-order valence-electron chi connectivity index (χ2n) is 3.41. The maximum atomic E-state index is 10.8. The summed E-state index contributed by atoms with van der Waals surface area (Å²) in [6, 6.07) is 10.8. The summed E-state index contributed by atoms with van der Waals surface area (Å²) in [6.45, 7) is 1.32. The van der Waals surface area contributed by atoms with E-state index in [4.69, 9.17) is 13.9 Å². The first-order valence-corrected chi connectivity index (χ1v) is 5.12. The Hall–Kier alpha value is -2.23. The molecular weight excluding hydrogens is 220 g/mol. The molecule has 0 unspecified atom stereocenters. The quantitative estimate of drug-likeness (QED) is 0.763. The van der Waals surface area contributed by atoms with Gasteiger partial charge in [-0.1, -0.05) is 12.1 Å². The third-order valence-electron chi connectivity index (χ3n) is 2.20. The minimum absolute atomic E-state index is 0.179. The summed E-state index contributed by atoms with van der Waals surface area (Å²) in [7, 11) is 1.59. The number of hydrogen-bond acceptors (Lipinski definition) is 4. The number of furan rings is 1. The molecule has 0 atom stereocenters. The number of carbonyl (C=O) groups excluding carboxylic acids is 1. The van der Waals surface area contributed by atoms with Gasteiger partial charge >= 0.3 is 5.97 Å². The highest BCUT2D eigenvalue weighted by Crippen LogP contribution is 2.32. The summed E-state index contributed by atoms with van der Waals surface area (Å²) < 4.78 is 15.5. The Morgan fingerprint density at radius 2 is 1.94 bits per heavy atom. The molecule has 0 fully saturated rings. The molecule has 17 heavy (non-hydrogen) atoms. The van der Waals surface area contributed by atoms with Gasteiger partial charge in [-0.25, -0.2) is 0 Å². The summed E-state index contributed by atoms with van der Waals surface area (Å²) in [5, 5.41) is 0. The minimum atomic E-state index is -0.411. The molecule has 0 aliphatic carbocycles. The van der Waals surface area contributed by atoms with Crippen LogP contribution in [-0.4, -0.2) is 13.1 Å². The zero-order valence-electron chi connectivity index (χ0n) is 9.60. The zero-order chi connectivity index (χ0) is 12.3. The fourth-order valence-corrected chi connectivity index (χ4v) is 1.51. The fourth-order valence-electron chi connectivity index (χ4n) is 1.51. The van der Waals surface area contributed by atoms with Gasteiger partial charge < -0.3 is 13.9 Å². The van der Waals surface area contributed by atoms with Gasteiger partial charge in [-0.2, -0.15) is 0 Å². The first kappa shape index (κ1) is 11.3. The van der Waals surface area contributed by atoms with Crippen molar-refractivity contribution in [3.05, 3.63) is 36.4 Å². The average Bonchev–Trinajstić information content (AvgIpc) is 2.76. The summed E-state index contributed by atoms with van der Waals surface area (Å²) in [5.41, 5.74) is 0.813. The first-order valence-electron chi connectivity index (χ1n) is 5.12. The summed E-state index contributed by atoms with van der Waals surface area (Å²) in [4.78, 5) is 10.8. The van der Waals surface area contributed by atoms with E-state index >= 15 is 0 Å². The highest BCUT2D eigenvalue weighted by molar-refractivity contribution is 5.70. The van der Waals surface area contributed by atoms with Crippen LogP contribution < -0.4 is 9.47 Å². The molecule has 4 heteroatoms. The van der Waals surface area contributed by atoms with Crippen LogP contribution in [0.1, 0.15) is 6.92 Å². The fraction of sp³-hybridized carbons (Fsp3) is 0.154. The van der Waals surface area contributed by atoms with Crippen LogP contribution in [0.15, 0.2) is 40.8 Å². The largest absolute Gasteiger partial charge is 0.496 e. The molecule has 0 amide bonds. The molecule has 4 nitrogen and oxygen atoms in total. The van der Waals surface area contributed by atoms with Crippen LogP contribution in [0.4, 0.5) is 0 Å². The molecule has 1 aromatic carbocycles. The van der Waals surface area contributed by atoms with Gasteiger partial charge in [0.15, 0.2) is 0 Å². The molecular formula is C13H12O4. The third kappa shape index (κ3) is 2.47. The maximum Gasteiger partial charge on any atom is 0.310 e. The Bertz CT molecular complexity index is 528. The Morgan fingerprint density at radius 1 is 1.18 bits per heavy atom. The highest BCUT2D eigenvalue weighted by Gasteiger charge is 2.10. The van der Waals surface area contributed by atoms with Crippen molar-refractivity contribution in [1.29, 1.82) is 0 Å². The second-order valence-corrected chi connectivity index (χ2v) is 3.41. The van der Waals surface area contributed by atoms with Crippen LogP contribution in [0.2, 0.25) is 0 Å². The molecule has 2 rings (SSSR count). The highest BCUT2D eigenvalue weighted by atomic mass is 16.6. The van der Waals surface area contributed by atoms with Crippen LogP contribution in [0, 0.1) is 0 Å². The zero-order valence-corrected chi connectivity index (χ0v) is 9.60. The van der Waals surface area contributed by atoms with Crippen LogP contribution in [-0.2, 0) is 4.79 Å². The van der Waals surface area contributed by atoms with Crippen molar-refractivity contribution in [2.75, 3.05) is 7.11 Å². The number of para-hydroxylation sites is 1. The topological polar surface area (TPSA) is 48.7 Å². The summed E-state index contributed by atoms with van der Waals surface area (Å²) >= 11 is 0. The van der Waals surface area contributed by atoms with Gasteiger partial charge in [0.2, 0.25) is 0 Å². The van der Waals surface area contributed by atoms with Gasteiger partial charge in [0.25, 0.3) is 5.95 Å². The SMILES string of the molecule is COc1ccccc1-c1ccc(OC(C)=O)o1. The van der Waals surface area contributed by atoms with Crippen molar-refractivity contribution in [2.45, 2.75) is 6.92 Å². The number of methoxy groups -OCH3 is 1. The lowest BCUT2D eigenvalue weighted by Crippen LogP contribution is -1.99. The van der Waals surface area contributed by atoms with Crippen molar-refractivity contribution in [1.82, 2.24) is 0 Å². The first-order chi connectivity index (χ1) is 8.20. The number of ether oxygens (including phenoxy) is 2. The molecule has 0 N–H and O–H groups in total. The molecule has 1 heterocycles. The number of esters is 1. The molecule has 0 bridgehead atoms. The second kappa shape index (κ2) is 4.74. The molecule has 0 aliphatic rings. The molecule has 0 saturated carbocycles. The van der Waals surface area contributed by atoms with E-state index in [1.165, 1.54) is 6.92 Å². The number of hydrogen-bond donors (Lipinski definition) is 0. The van der Waals surface area contributed by atoms with Crippen molar-refractivity contribution in [3.8, 4) is 23.0 Å². The molecule has 88 valence electrons. The van der Waals surface area contributed by atoms with Crippen molar-refractivity contribution >= 4 is 5.97 Å². The molecule has 0 radical (unpaired) electrons. The third-order valence-corrected chi connectivity index (χ3v) is 2.20. The Balaban J connectivity index is 2.33. The van der Waals surface area contributed by atoms with E-state index in [1.807, 2.05) is 24.3 Å². The van der Waals surface area contributed by atoms with Crippen molar-refractivity contribution in [2.24, 2.45) is 0 Å². The van der Waals surface area contributed by atoms with E-state index in [9.17, 15) is 4.79 Å². The maximum absolute atomic E-state index is 10.8. The molecule has 0 aliphatic heterocycles. The monoisotopic (exact) mass is 232 g/mol. The van der Waals surface area contributed by atoms with E-state index in [0.717, 1.165) is 5.56 Å². The molecule has 0 saturated heterocycles. The van der Waals surface area contributed by atoms with Gasteiger partial charge in [-0.05, 0) is 18.2 Å². The standard InChI is InChI=1S/C13H12O4/c1-9(14)16-13-8-7-12(17-13)10-5-3-4-6-11(10)15-2/h3-8H,1-2H3. The average molecular weight is 232 g/mol. The summed E-state index contributed by atoms with van der Waals surface area (Å²) in [6.07, 6.45) is 0. The van der Waals surface area contributed by atoms with Crippen molar-refractivity contribution < 1.29 is 18.7 Å². The Kier molecular flexibility index (Phi) is 3.14. The smallest absolute Gasteiger partial charge is 0.310 e. The van der Waals surface area contributed by atoms with Crippen LogP contribution in [0.5, 0.6) is 11.7 Å². The lowest BCUT2D eigenvalue weighted by Gasteiger charge is -2.04. The van der Waals surface area contributed by atoms with E-state index in [1.54, 1.807) is 19.2 Å². The normalized spacial score (nSPS) is 10.0. The molecule has 0 spiro atoms. The lowest BCUT2D eigenvalue weighted by atomic mass is 10.1. The van der Waals surface area contributed by atoms with Gasteiger partial charge in [0, 0.05) is 13.0 Å². The van der Waals surface area contributed by atoms with Crippen LogP contribution in [0.25, 0.3) is 11.3 Å². The minimum Gasteiger partial charge on any atom is -0.496 e. The van der Waals surface area contributed by atoms with Crippen molar-refractivity contribution in [3.63, 3.8) is 0 Å². The van der Waals surface area contributed by atoms with Gasteiger partial charge in [-0.15, -0.1) is 0 Å². The predicted octanol–water partition coefficient (Wildman–Crippen LogP) is 2.88. The van der Waals surface area contributed by atoms with Gasteiger partial charge in [-0.3, -0.25) is 4.79 Å². The van der Waals surface area contributed by atoms with E-state index in [0.29, 0.717) is 11.5 Å². The van der Waals surface area contributed by atoms with E-state index in [-0.39, 0.29) is 5.95 Å². The van der Waals surface area contributed by atoms with Crippen LogP contribution in [0.3, 0.4) is 0 Å². The molecule has 2 aromatic rings. The number of benzene rings is 1. The predicted molar refractivity (Wildman–Crippen MR) is 62.0 cm³/mol. The summed E-state index contributed by atoms with van der Waals surface area (Å²) in [5.74, 6) is 1.07. The van der Waals surface area contributed by atoms with Gasteiger partial charge in [0.05, 0.1) is 12.7 Å².